The molecule has 2 rings (SSSR count). The Kier molecular flexibility index (Phi) is 3.95. The van der Waals surface area contributed by atoms with Crippen LogP contribution in [0.25, 0.3) is 0 Å². The molecule has 7 nitrogen and oxygen atoms in total. The smallest absolute Gasteiger partial charge is 0.271 e. The van der Waals surface area contributed by atoms with Gasteiger partial charge in [-0.3, -0.25) is 14.8 Å². The molecule has 22 heavy (non-hydrogen) atoms. The average molecular weight is 329 g/mol. The maximum absolute atomic E-state index is 13.1. The maximum atomic E-state index is 13.1. The molecule has 0 aliphatic rings. The van der Waals surface area contributed by atoms with Gasteiger partial charge in [-0.2, -0.15) is 0 Å². The number of halogens is 2. The van der Waals surface area contributed by atoms with Crippen LogP contribution in [0.5, 0.6) is 5.75 Å². The number of rotatable bonds is 4. The Labute approximate surface area is 123 Å². The van der Waals surface area contributed by atoms with Gasteiger partial charge in [0.25, 0.3) is 15.7 Å². The molecule has 0 spiro atoms. The van der Waals surface area contributed by atoms with Gasteiger partial charge in [0.2, 0.25) is 0 Å². The molecule has 0 saturated carbocycles. The van der Waals surface area contributed by atoms with E-state index in [1.54, 1.807) is 0 Å². The minimum absolute atomic E-state index is 0.430. The first-order valence-electron chi connectivity index (χ1n) is 5.64. The van der Waals surface area contributed by atoms with E-state index in [0.29, 0.717) is 12.1 Å². The third-order valence-electron chi connectivity index (χ3n) is 2.62. The third kappa shape index (κ3) is 3.11. The molecule has 116 valence electrons. The van der Waals surface area contributed by atoms with E-state index in [-0.39, 0.29) is 0 Å². The fraction of sp³-hybridized carbons (Fsp3) is 0. The molecule has 2 aromatic carbocycles. The van der Waals surface area contributed by atoms with Crippen LogP contribution in [0.15, 0.2) is 41.3 Å². The number of nitrogens with zero attached hydrogens (tertiary/aromatic N) is 1. The van der Waals surface area contributed by atoms with Crippen LogP contribution in [0.4, 0.5) is 20.2 Å². The highest BCUT2D eigenvalue weighted by molar-refractivity contribution is 7.92. The summed E-state index contributed by atoms with van der Waals surface area (Å²) in [5.41, 5.74) is -1.07. The van der Waals surface area contributed by atoms with Gasteiger partial charge in [0, 0.05) is 17.8 Å². The molecule has 2 aromatic rings. The molecule has 0 radical (unpaired) electrons. The van der Waals surface area contributed by atoms with E-state index < -0.39 is 48.6 Å². The van der Waals surface area contributed by atoms with Crippen molar-refractivity contribution in [3.63, 3.8) is 0 Å². The van der Waals surface area contributed by atoms with Crippen molar-refractivity contribution in [1.29, 1.82) is 0 Å². The average Bonchev–Trinajstić information content (AvgIpc) is 2.43. The number of hydrogen-bond acceptors (Lipinski definition) is 5. The molecule has 0 aliphatic carbocycles. The van der Waals surface area contributed by atoms with Crippen LogP contribution in [0.3, 0.4) is 0 Å². The highest BCUT2D eigenvalue weighted by Gasteiger charge is 2.18. The number of sulfonamides is 1. The van der Waals surface area contributed by atoms with Crippen molar-refractivity contribution in [3.8, 4) is 5.75 Å². The molecule has 0 fully saturated rings. The minimum atomic E-state index is -4.40. The SMILES string of the molecule is O=[N+]([O-])c1ccc([O-])c(NS(=O)(=O)c2ccc(F)c(F)c2)c1. The number of anilines is 1. The van der Waals surface area contributed by atoms with Gasteiger partial charge in [0.05, 0.1) is 9.82 Å². The van der Waals surface area contributed by atoms with E-state index in [9.17, 15) is 32.4 Å². The second-order valence-corrected chi connectivity index (χ2v) is 5.80. The van der Waals surface area contributed by atoms with Gasteiger partial charge >= 0.3 is 0 Å². The summed E-state index contributed by atoms with van der Waals surface area (Å²) in [5, 5.41) is 22.2. The van der Waals surface area contributed by atoms with Crippen molar-refractivity contribution >= 4 is 21.4 Å². The van der Waals surface area contributed by atoms with Crippen molar-refractivity contribution in [2.45, 2.75) is 4.90 Å². The lowest BCUT2D eigenvalue weighted by molar-refractivity contribution is -0.385. The number of benzene rings is 2. The van der Waals surface area contributed by atoms with Gasteiger partial charge in [-0.1, -0.05) is 11.8 Å². The van der Waals surface area contributed by atoms with Crippen molar-refractivity contribution in [1.82, 2.24) is 0 Å². The Morgan fingerprint density at radius 2 is 1.73 bits per heavy atom. The lowest BCUT2D eigenvalue weighted by Crippen LogP contribution is -2.15. The van der Waals surface area contributed by atoms with Crippen molar-refractivity contribution < 1.29 is 27.2 Å². The highest BCUT2D eigenvalue weighted by Crippen LogP contribution is 2.28. The molecule has 0 aliphatic heterocycles. The highest BCUT2D eigenvalue weighted by atomic mass is 32.2. The summed E-state index contributed by atoms with van der Waals surface area (Å²) in [6.45, 7) is 0. The number of nitro groups is 1. The Morgan fingerprint density at radius 3 is 2.32 bits per heavy atom. The van der Waals surface area contributed by atoms with Crippen LogP contribution in [-0.2, 0) is 10.0 Å². The first-order valence-corrected chi connectivity index (χ1v) is 7.12. The summed E-state index contributed by atoms with van der Waals surface area (Å²) < 4.78 is 51.7. The fourth-order valence-electron chi connectivity index (χ4n) is 1.56. The van der Waals surface area contributed by atoms with Crippen molar-refractivity contribution in [2.75, 3.05) is 4.72 Å². The summed E-state index contributed by atoms with van der Waals surface area (Å²) in [7, 11) is -4.40. The third-order valence-corrected chi connectivity index (χ3v) is 3.98. The Balaban J connectivity index is 2.42. The van der Waals surface area contributed by atoms with E-state index >= 15 is 0 Å². The van der Waals surface area contributed by atoms with Crippen LogP contribution in [0.2, 0.25) is 0 Å². The van der Waals surface area contributed by atoms with Gasteiger partial charge < -0.3 is 5.11 Å². The lowest BCUT2D eigenvalue weighted by atomic mass is 10.2. The standard InChI is InChI=1S/C12H8F2N2O5S/c13-9-3-2-8(6-10(9)14)22(20,21)15-11-5-7(16(18)19)1-4-12(11)17/h1-6,15,17H/p-1. The number of non-ortho nitro benzene ring substituents is 1. The van der Waals surface area contributed by atoms with Gasteiger partial charge in [-0.25, -0.2) is 17.2 Å². The molecule has 10 heteroatoms. The number of nitro benzene ring substituents is 1. The fourth-order valence-corrected chi connectivity index (χ4v) is 2.63. The number of hydrogen-bond donors (Lipinski definition) is 1. The minimum Gasteiger partial charge on any atom is -0.871 e. The van der Waals surface area contributed by atoms with Crippen LogP contribution >= 0.6 is 0 Å². The second-order valence-electron chi connectivity index (χ2n) is 4.12. The zero-order valence-corrected chi connectivity index (χ0v) is 11.4. The topological polar surface area (TPSA) is 112 Å². The van der Waals surface area contributed by atoms with Gasteiger partial charge in [0.15, 0.2) is 11.6 Å². The van der Waals surface area contributed by atoms with Gasteiger partial charge in [-0.05, 0) is 18.2 Å². The zero-order valence-electron chi connectivity index (χ0n) is 10.6. The van der Waals surface area contributed by atoms with E-state index in [0.717, 1.165) is 24.3 Å². The quantitative estimate of drug-likeness (QED) is 0.678. The van der Waals surface area contributed by atoms with E-state index in [4.69, 9.17) is 0 Å². The Morgan fingerprint density at radius 1 is 1.05 bits per heavy atom. The predicted molar refractivity (Wildman–Crippen MR) is 69.7 cm³/mol. The van der Waals surface area contributed by atoms with Crippen LogP contribution < -0.4 is 9.83 Å². The first kappa shape index (κ1) is 15.6. The molecule has 0 heterocycles. The summed E-state index contributed by atoms with van der Waals surface area (Å²) in [6.07, 6.45) is 0. The van der Waals surface area contributed by atoms with E-state index in [2.05, 4.69) is 0 Å². The molecule has 0 amide bonds. The van der Waals surface area contributed by atoms with Gasteiger partial charge in [-0.15, -0.1) is 0 Å². The molecular weight excluding hydrogens is 322 g/mol. The predicted octanol–water partition coefficient (Wildman–Crippen LogP) is 1.75. The molecule has 0 saturated heterocycles. The van der Waals surface area contributed by atoms with Gasteiger partial charge in [0.1, 0.15) is 0 Å². The molecule has 0 aromatic heterocycles. The normalized spacial score (nSPS) is 11.2. The monoisotopic (exact) mass is 329 g/mol. The van der Waals surface area contributed by atoms with Crippen LogP contribution in [0, 0.1) is 21.7 Å². The molecule has 0 unspecified atom stereocenters. The molecule has 1 N–H and O–H groups in total. The van der Waals surface area contributed by atoms with Crippen molar-refractivity contribution in [3.05, 3.63) is 58.1 Å². The lowest BCUT2D eigenvalue weighted by Gasteiger charge is -2.15. The summed E-state index contributed by atoms with van der Waals surface area (Å²) in [5.74, 6) is -3.43. The molecule has 0 atom stereocenters. The van der Waals surface area contributed by atoms with Crippen LogP contribution in [-0.4, -0.2) is 13.3 Å². The van der Waals surface area contributed by atoms with Crippen LogP contribution in [0.1, 0.15) is 0 Å². The number of nitrogens with one attached hydrogen (secondary N) is 1. The van der Waals surface area contributed by atoms with E-state index in [1.807, 2.05) is 4.72 Å². The van der Waals surface area contributed by atoms with E-state index in [1.165, 1.54) is 0 Å². The zero-order chi connectivity index (χ0) is 16.5. The second kappa shape index (κ2) is 5.56. The largest absolute Gasteiger partial charge is 0.871 e. The Hall–Kier alpha value is -2.75. The summed E-state index contributed by atoms with van der Waals surface area (Å²) >= 11 is 0. The molecular formula is C12H7F2N2O5S-. The van der Waals surface area contributed by atoms with Crippen molar-refractivity contribution in [2.24, 2.45) is 0 Å². The first-order chi connectivity index (χ1) is 10.2. The Bertz CT molecular complexity index is 855. The summed E-state index contributed by atoms with van der Waals surface area (Å²) in [4.78, 5) is 9.18. The molecule has 0 bridgehead atoms. The summed E-state index contributed by atoms with van der Waals surface area (Å²) in [6, 6.07) is 4.30. The maximum Gasteiger partial charge on any atom is 0.271 e.